The number of hydrogen-bond acceptors (Lipinski definition) is 2. The highest BCUT2D eigenvalue weighted by atomic mass is 35.5. The average molecular weight is 307 g/mol. The Morgan fingerprint density at radius 3 is 2.57 bits per heavy atom. The largest absolute Gasteiger partial charge is 0.329 e. The number of nitrogens with two attached hydrogens (primary N) is 1. The van der Waals surface area contributed by atoms with Crippen molar-refractivity contribution in [2.45, 2.75) is 19.5 Å². The lowest BCUT2D eigenvalue weighted by Crippen LogP contribution is -2.30. The Morgan fingerprint density at radius 1 is 1.24 bits per heavy atom. The van der Waals surface area contributed by atoms with Crippen LogP contribution >= 0.6 is 11.6 Å². The van der Waals surface area contributed by atoms with Crippen LogP contribution < -0.4 is 5.73 Å². The number of nitrogens with zero attached hydrogens (tertiary/aromatic N) is 1. The molecular weight excluding hydrogens is 287 g/mol. The third-order valence-electron chi connectivity index (χ3n) is 3.72. The molecule has 2 rings (SSSR count). The van der Waals surface area contributed by atoms with Gasteiger partial charge in [0.25, 0.3) is 0 Å². The molecule has 0 spiro atoms. The van der Waals surface area contributed by atoms with Crippen molar-refractivity contribution in [3.05, 3.63) is 70.0 Å². The molecule has 0 aliphatic heterocycles. The maximum absolute atomic E-state index is 13.3. The van der Waals surface area contributed by atoms with Crippen LogP contribution in [0.2, 0.25) is 5.02 Å². The Hall–Kier alpha value is -1.42. The molecule has 0 saturated heterocycles. The normalized spacial score (nSPS) is 12.7. The molecule has 0 radical (unpaired) electrons. The van der Waals surface area contributed by atoms with Crippen molar-refractivity contribution in [3.8, 4) is 0 Å². The van der Waals surface area contributed by atoms with E-state index in [0.29, 0.717) is 13.1 Å². The molecule has 112 valence electrons. The molecule has 0 amide bonds. The van der Waals surface area contributed by atoms with Crippen molar-refractivity contribution >= 4 is 11.6 Å². The summed E-state index contributed by atoms with van der Waals surface area (Å²) in [6, 6.07) is 12.6. The number of benzene rings is 2. The molecule has 1 unspecified atom stereocenters. The van der Waals surface area contributed by atoms with Gasteiger partial charge in [-0.15, -0.1) is 0 Å². The summed E-state index contributed by atoms with van der Waals surface area (Å²) in [4.78, 5) is 2.14. The molecular formula is C17H20ClFN2. The first kappa shape index (κ1) is 16.0. The van der Waals surface area contributed by atoms with Crippen molar-refractivity contribution in [1.29, 1.82) is 0 Å². The number of rotatable bonds is 5. The Balaban J connectivity index is 2.22. The molecule has 0 aromatic heterocycles. The first-order chi connectivity index (χ1) is 10.0. The summed E-state index contributed by atoms with van der Waals surface area (Å²) in [6.45, 7) is 3.07. The molecule has 2 aromatic carbocycles. The fraction of sp³-hybridized carbons (Fsp3) is 0.294. The van der Waals surface area contributed by atoms with Crippen molar-refractivity contribution in [2.24, 2.45) is 5.73 Å². The second-order valence-electron chi connectivity index (χ2n) is 5.26. The zero-order valence-electron chi connectivity index (χ0n) is 12.3. The number of halogens is 2. The van der Waals surface area contributed by atoms with E-state index in [1.54, 1.807) is 6.07 Å². The van der Waals surface area contributed by atoms with Gasteiger partial charge in [0, 0.05) is 24.2 Å². The molecule has 2 nitrogen and oxygen atoms in total. The van der Waals surface area contributed by atoms with Gasteiger partial charge in [0.1, 0.15) is 5.82 Å². The van der Waals surface area contributed by atoms with Crippen molar-refractivity contribution < 1.29 is 4.39 Å². The van der Waals surface area contributed by atoms with Crippen LogP contribution in [0.4, 0.5) is 4.39 Å². The van der Waals surface area contributed by atoms with Crippen LogP contribution in [0, 0.1) is 12.7 Å². The standard InChI is InChI=1S/C17H20ClFN2/c1-12-9-14(19)7-8-15(12)17(10-20)21(2)11-13-5-3-4-6-16(13)18/h3-9,17H,10-11,20H2,1-2H3. The summed E-state index contributed by atoms with van der Waals surface area (Å²) in [5, 5.41) is 0.746. The summed E-state index contributed by atoms with van der Waals surface area (Å²) in [7, 11) is 2.00. The highest BCUT2D eigenvalue weighted by Crippen LogP contribution is 2.26. The SMILES string of the molecule is Cc1cc(F)ccc1C(CN)N(C)Cc1ccccc1Cl. The van der Waals surface area contributed by atoms with Gasteiger partial charge in [0.15, 0.2) is 0 Å². The fourth-order valence-electron chi connectivity index (χ4n) is 2.56. The lowest BCUT2D eigenvalue weighted by Gasteiger charge is -2.29. The third kappa shape index (κ3) is 3.82. The third-order valence-corrected chi connectivity index (χ3v) is 4.09. The molecule has 0 heterocycles. The van der Waals surface area contributed by atoms with Crippen LogP contribution in [-0.4, -0.2) is 18.5 Å². The van der Waals surface area contributed by atoms with Gasteiger partial charge < -0.3 is 5.73 Å². The predicted octanol–water partition coefficient (Wildman–Crippen LogP) is 3.92. The van der Waals surface area contributed by atoms with Crippen molar-refractivity contribution in [3.63, 3.8) is 0 Å². The van der Waals surface area contributed by atoms with E-state index in [0.717, 1.165) is 21.7 Å². The summed E-state index contributed by atoms with van der Waals surface area (Å²) in [6.07, 6.45) is 0. The second kappa shape index (κ2) is 7.03. The molecule has 2 N–H and O–H groups in total. The molecule has 4 heteroatoms. The molecule has 0 aliphatic carbocycles. The Bertz CT molecular complexity index is 615. The number of likely N-dealkylation sites (N-methyl/N-ethyl adjacent to an activating group) is 1. The van der Waals surface area contributed by atoms with Gasteiger partial charge in [-0.05, 0) is 48.9 Å². The topological polar surface area (TPSA) is 29.3 Å². The fourth-order valence-corrected chi connectivity index (χ4v) is 2.76. The average Bonchev–Trinajstić information content (AvgIpc) is 2.44. The van der Waals surface area contributed by atoms with E-state index in [9.17, 15) is 4.39 Å². The Labute approximate surface area is 130 Å². The van der Waals surface area contributed by atoms with E-state index >= 15 is 0 Å². The molecule has 2 aromatic rings. The highest BCUT2D eigenvalue weighted by Gasteiger charge is 2.18. The summed E-state index contributed by atoms with van der Waals surface area (Å²) in [5.74, 6) is -0.222. The summed E-state index contributed by atoms with van der Waals surface area (Å²) >= 11 is 6.21. The van der Waals surface area contributed by atoms with Gasteiger partial charge in [-0.3, -0.25) is 4.90 Å². The minimum Gasteiger partial charge on any atom is -0.329 e. The first-order valence-corrected chi connectivity index (χ1v) is 7.30. The minimum atomic E-state index is -0.222. The van der Waals surface area contributed by atoms with Gasteiger partial charge >= 0.3 is 0 Å². The lowest BCUT2D eigenvalue weighted by atomic mass is 9.99. The van der Waals surface area contributed by atoms with E-state index in [1.807, 2.05) is 44.3 Å². The van der Waals surface area contributed by atoms with Crippen molar-refractivity contribution in [2.75, 3.05) is 13.6 Å². The second-order valence-corrected chi connectivity index (χ2v) is 5.67. The van der Waals surface area contributed by atoms with E-state index < -0.39 is 0 Å². The lowest BCUT2D eigenvalue weighted by molar-refractivity contribution is 0.241. The van der Waals surface area contributed by atoms with E-state index in [1.165, 1.54) is 6.07 Å². The van der Waals surface area contributed by atoms with Crippen LogP contribution in [0.1, 0.15) is 22.7 Å². The van der Waals surface area contributed by atoms with Crippen molar-refractivity contribution in [1.82, 2.24) is 4.90 Å². The van der Waals surface area contributed by atoms with Crippen LogP contribution in [0.25, 0.3) is 0 Å². The maximum Gasteiger partial charge on any atom is 0.123 e. The molecule has 1 atom stereocenters. The monoisotopic (exact) mass is 306 g/mol. The quantitative estimate of drug-likeness (QED) is 0.907. The zero-order chi connectivity index (χ0) is 15.4. The number of hydrogen-bond donors (Lipinski definition) is 1. The Kier molecular flexibility index (Phi) is 5.34. The molecule has 0 bridgehead atoms. The summed E-state index contributed by atoms with van der Waals surface area (Å²) < 4.78 is 13.3. The van der Waals surface area contributed by atoms with Crippen LogP contribution in [0.5, 0.6) is 0 Å². The van der Waals surface area contributed by atoms with E-state index in [-0.39, 0.29) is 11.9 Å². The molecule has 0 saturated carbocycles. The minimum absolute atomic E-state index is 0.0295. The molecule has 21 heavy (non-hydrogen) atoms. The first-order valence-electron chi connectivity index (χ1n) is 6.92. The van der Waals surface area contributed by atoms with E-state index in [2.05, 4.69) is 4.90 Å². The van der Waals surface area contributed by atoms with Gasteiger partial charge in [-0.25, -0.2) is 4.39 Å². The number of aryl methyl sites for hydroxylation is 1. The molecule has 0 fully saturated rings. The van der Waals surface area contributed by atoms with Gasteiger partial charge in [0.2, 0.25) is 0 Å². The van der Waals surface area contributed by atoms with Crippen LogP contribution in [0.3, 0.4) is 0 Å². The Morgan fingerprint density at radius 2 is 1.95 bits per heavy atom. The highest BCUT2D eigenvalue weighted by molar-refractivity contribution is 6.31. The molecule has 0 aliphatic rings. The zero-order valence-corrected chi connectivity index (χ0v) is 13.1. The maximum atomic E-state index is 13.3. The smallest absolute Gasteiger partial charge is 0.123 e. The van der Waals surface area contributed by atoms with Gasteiger partial charge in [0.05, 0.1) is 0 Å². The van der Waals surface area contributed by atoms with E-state index in [4.69, 9.17) is 17.3 Å². The van der Waals surface area contributed by atoms with Crippen LogP contribution in [0.15, 0.2) is 42.5 Å². The van der Waals surface area contributed by atoms with Gasteiger partial charge in [-0.1, -0.05) is 35.9 Å². The predicted molar refractivity (Wildman–Crippen MR) is 85.9 cm³/mol. The summed E-state index contributed by atoms with van der Waals surface area (Å²) in [5.41, 5.74) is 8.95. The van der Waals surface area contributed by atoms with Gasteiger partial charge in [-0.2, -0.15) is 0 Å². The van der Waals surface area contributed by atoms with Crippen LogP contribution in [-0.2, 0) is 6.54 Å².